The smallest absolute Gasteiger partial charge is 0.305 e. The average Bonchev–Trinajstić information content (AvgIpc) is 2.53. The van der Waals surface area contributed by atoms with Gasteiger partial charge in [-0.2, -0.15) is 0 Å². The first kappa shape index (κ1) is 16.8. The monoisotopic (exact) mass is 313 g/mol. The number of benzene rings is 1. The van der Waals surface area contributed by atoms with E-state index in [0.717, 1.165) is 11.5 Å². The summed E-state index contributed by atoms with van der Waals surface area (Å²) in [5, 5.41) is 9.00. The molecule has 5 heteroatoms. The predicted octanol–water partition coefficient (Wildman–Crippen LogP) is 2.94. The van der Waals surface area contributed by atoms with Crippen molar-refractivity contribution in [2.45, 2.75) is 19.9 Å². The first-order chi connectivity index (χ1) is 11.0. The highest BCUT2D eigenvalue weighted by Gasteiger charge is 2.11. The van der Waals surface area contributed by atoms with Crippen molar-refractivity contribution in [2.75, 3.05) is 30.4 Å². The molecule has 0 bridgehead atoms. The highest BCUT2D eigenvalue weighted by atomic mass is 16.4. The molecule has 2 rings (SSSR count). The summed E-state index contributed by atoms with van der Waals surface area (Å²) in [6, 6.07) is 12.1. The van der Waals surface area contributed by atoms with Crippen molar-refractivity contribution in [1.82, 2.24) is 4.98 Å². The van der Waals surface area contributed by atoms with Crippen molar-refractivity contribution in [2.24, 2.45) is 0 Å². The molecule has 0 aliphatic carbocycles. The second-order valence-electron chi connectivity index (χ2n) is 5.76. The maximum Gasteiger partial charge on any atom is 0.305 e. The summed E-state index contributed by atoms with van der Waals surface area (Å²) in [6.07, 6.45) is 1.90. The van der Waals surface area contributed by atoms with E-state index >= 15 is 0 Å². The van der Waals surface area contributed by atoms with E-state index in [-0.39, 0.29) is 6.42 Å². The van der Waals surface area contributed by atoms with Gasteiger partial charge in [0.2, 0.25) is 0 Å². The lowest BCUT2D eigenvalue weighted by Gasteiger charge is -2.25. The van der Waals surface area contributed by atoms with Gasteiger partial charge in [-0.1, -0.05) is 24.3 Å². The van der Waals surface area contributed by atoms with Crippen molar-refractivity contribution in [1.29, 1.82) is 0 Å². The van der Waals surface area contributed by atoms with Gasteiger partial charge in [0.1, 0.15) is 5.82 Å². The summed E-state index contributed by atoms with van der Waals surface area (Å²) < 4.78 is 0. The summed E-state index contributed by atoms with van der Waals surface area (Å²) in [6.45, 7) is 3.19. The molecule has 122 valence electrons. The quantitative estimate of drug-likeness (QED) is 0.851. The molecule has 2 aromatic rings. The minimum atomic E-state index is -0.794. The summed E-state index contributed by atoms with van der Waals surface area (Å²) in [7, 11) is 3.88. The molecule has 0 unspecified atom stereocenters. The lowest BCUT2D eigenvalue weighted by atomic mass is 10.1. The SMILES string of the molecule is Cc1ccccc1CN(CCC(=O)O)c1ccc(N(C)C)nc1. The third kappa shape index (κ3) is 4.71. The molecule has 0 amide bonds. The van der Waals surface area contributed by atoms with E-state index in [0.29, 0.717) is 13.1 Å². The Morgan fingerprint density at radius 2 is 1.91 bits per heavy atom. The Kier molecular flexibility index (Phi) is 5.57. The maximum absolute atomic E-state index is 10.9. The molecule has 23 heavy (non-hydrogen) atoms. The van der Waals surface area contributed by atoms with Gasteiger partial charge in [-0.15, -0.1) is 0 Å². The molecular formula is C18H23N3O2. The summed E-state index contributed by atoms with van der Waals surface area (Å²) in [4.78, 5) is 19.4. The Morgan fingerprint density at radius 3 is 2.48 bits per heavy atom. The van der Waals surface area contributed by atoms with Crippen LogP contribution in [0, 0.1) is 6.92 Å². The van der Waals surface area contributed by atoms with Gasteiger partial charge in [-0.3, -0.25) is 4.79 Å². The third-order valence-electron chi connectivity index (χ3n) is 3.77. The van der Waals surface area contributed by atoms with Crippen LogP contribution in [0.15, 0.2) is 42.6 Å². The minimum absolute atomic E-state index is 0.0985. The van der Waals surface area contributed by atoms with E-state index in [9.17, 15) is 4.79 Å². The van der Waals surface area contributed by atoms with Crippen LogP contribution in [0.5, 0.6) is 0 Å². The van der Waals surface area contributed by atoms with Gasteiger partial charge in [0.15, 0.2) is 0 Å². The van der Waals surface area contributed by atoms with Crippen LogP contribution in [-0.2, 0) is 11.3 Å². The van der Waals surface area contributed by atoms with E-state index in [2.05, 4.69) is 28.9 Å². The average molecular weight is 313 g/mol. The fraction of sp³-hybridized carbons (Fsp3) is 0.333. The highest BCUT2D eigenvalue weighted by molar-refractivity contribution is 5.67. The van der Waals surface area contributed by atoms with Gasteiger partial charge >= 0.3 is 5.97 Å². The number of hydrogen-bond acceptors (Lipinski definition) is 4. The van der Waals surface area contributed by atoms with Gasteiger partial charge in [-0.25, -0.2) is 4.98 Å². The van der Waals surface area contributed by atoms with Crippen molar-refractivity contribution >= 4 is 17.5 Å². The first-order valence-electron chi connectivity index (χ1n) is 7.62. The minimum Gasteiger partial charge on any atom is -0.481 e. The number of aryl methyl sites for hydroxylation is 1. The Bertz CT molecular complexity index is 654. The Labute approximate surface area is 137 Å². The van der Waals surface area contributed by atoms with Crippen LogP contribution in [0.3, 0.4) is 0 Å². The van der Waals surface area contributed by atoms with E-state index in [1.54, 1.807) is 6.20 Å². The summed E-state index contributed by atoms with van der Waals surface area (Å²) >= 11 is 0. The molecule has 0 atom stereocenters. The second-order valence-corrected chi connectivity index (χ2v) is 5.76. The number of aliphatic carboxylic acids is 1. The van der Waals surface area contributed by atoms with Crippen molar-refractivity contribution in [3.05, 3.63) is 53.7 Å². The van der Waals surface area contributed by atoms with Crippen LogP contribution in [-0.4, -0.2) is 36.7 Å². The molecule has 0 saturated heterocycles. The standard InChI is InChI=1S/C18H23N3O2/c1-14-6-4-5-7-15(14)13-21(11-10-18(22)23)16-8-9-17(19-12-16)20(2)3/h4-9,12H,10-11,13H2,1-3H3,(H,22,23). The fourth-order valence-corrected chi connectivity index (χ4v) is 2.35. The van der Waals surface area contributed by atoms with E-state index in [4.69, 9.17) is 5.11 Å². The Balaban J connectivity index is 2.22. The number of nitrogens with zero attached hydrogens (tertiary/aromatic N) is 3. The number of aromatic nitrogens is 1. The molecule has 1 N–H and O–H groups in total. The second kappa shape index (κ2) is 7.63. The maximum atomic E-state index is 10.9. The number of carboxylic acids is 1. The van der Waals surface area contributed by atoms with Crippen LogP contribution < -0.4 is 9.80 Å². The van der Waals surface area contributed by atoms with Crippen LogP contribution >= 0.6 is 0 Å². The lowest BCUT2D eigenvalue weighted by Crippen LogP contribution is -2.26. The number of rotatable bonds is 7. The lowest BCUT2D eigenvalue weighted by molar-refractivity contribution is -0.136. The zero-order valence-corrected chi connectivity index (χ0v) is 13.9. The van der Waals surface area contributed by atoms with Crippen molar-refractivity contribution in [3.8, 4) is 0 Å². The number of pyridine rings is 1. The van der Waals surface area contributed by atoms with Crippen molar-refractivity contribution in [3.63, 3.8) is 0 Å². The van der Waals surface area contributed by atoms with E-state index in [1.165, 1.54) is 11.1 Å². The largest absolute Gasteiger partial charge is 0.481 e. The van der Waals surface area contributed by atoms with Crippen molar-refractivity contribution < 1.29 is 9.90 Å². The molecule has 5 nitrogen and oxygen atoms in total. The third-order valence-corrected chi connectivity index (χ3v) is 3.77. The predicted molar refractivity (Wildman–Crippen MR) is 93.0 cm³/mol. The number of hydrogen-bond donors (Lipinski definition) is 1. The van der Waals surface area contributed by atoms with Gasteiger partial charge in [-0.05, 0) is 30.2 Å². The Morgan fingerprint density at radius 1 is 1.17 bits per heavy atom. The molecule has 0 fully saturated rings. The normalized spacial score (nSPS) is 10.4. The van der Waals surface area contributed by atoms with Crippen LogP contribution in [0.2, 0.25) is 0 Å². The molecule has 0 aliphatic heterocycles. The molecule has 0 spiro atoms. The van der Waals surface area contributed by atoms with Gasteiger partial charge in [0.25, 0.3) is 0 Å². The molecule has 0 aliphatic rings. The molecule has 0 radical (unpaired) electrons. The highest BCUT2D eigenvalue weighted by Crippen LogP contribution is 2.20. The van der Waals surface area contributed by atoms with Crippen LogP contribution in [0.4, 0.5) is 11.5 Å². The van der Waals surface area contributed by atoms with Crippen LogP contribution in [0.25, 0.3) is 0 Å². The van der Waals surface area contributed by atoms with E-state index in [1.807, 2.05) is 43.3 Å². The van der Waals surface area contributed by atoms with Gasteiger partial charge < -0.3 is 14.9 Å². The summed E-state index contributed by atoms with van der Waals surface area (Å²) in [5.74, 6) is 0.0838. The summed E-state index contributed by atoms with van der Waals surface area (Å²) in [5.41, 5.74) is 3.32. The molecule has 1 heterocycles. The van der Waals surface area contributed by atoms with Gasteiger partial charge in [0, 0.05) is 27.2 Å². The molecule has 1 aromatic carbocycles. The molecule has 1 aromatic heterocycles. The number of carboxylic acid groups (broad SMARTS) is 1. The zero-order chi connectivity index (χ0) is 16.8. The zero-order valence-electron chi connectivity index (χ0n) is 13.9. The Hall–Kier alpha value is -2.56. The number of anilines is 2. The first-order valence-corrected chi connectivity index (χ1v) is 7.62. The van der Waals surface area contributed by atoms with E-state index < -0.39 is 5.97 Å². The molecule has 0 saturated carbocycles. The number of carbonyl (C=O) groups is 1. The topological polar surface area (TPSA) is 56.7 Å². The molecular weight excluding hydrogens is 290 g/mol. The van der Waals surface area contributed by atoms with Gasteiger partial charge in [0.05, 0.1) is 18.3 Å². The fourth-order valence-electron chi connectivity index (χ4n) is 2.35. The van der Waals surface area contributed by atoms with Crippen LogP contribution in [0.1, 0.15) is 17.5 Å².